The molecule has 0 amide bonds. The van der Waals surface area contributed by atoms with E-state index in [0.29, 0.717) is 32.0 Å². The minimum atomic E-state index is -0.646. The lowest BCUT2D eigenvalue weighted by molar-refractivity contribution is -0.275. The summed E-state index contributed by atoms with van der Waals surface area (Å²) in [5.41, 5.74) is 4.79. The highest BCUT2D eigenvalue weighted by molar-refractivity contribution is 5.35. The first-order valence-corrected chi connectivity index (χ1v) is 15.8. The molecule has 0 radical (unpaired) electrons. The lowest BCUT2D eigenvalue weighted by Gasteiger charge is -2.46. The number of ether oxygens (including phenoxy) is 5. The molecule has 0 aliphatic carbocycles. The van der Waals surface area contributed by atoms with Gasteiger partial charge in [-0.25, -0.2) is 0 Å². The Morgan fingerprint density at radius 2 is 0.870 bits per heavy atom. The maximum absolute atomic E-state index is 11.1. The first kappa shape index (κ1) is 31.7. The Morgan fingerprint density at radius 3 is 1.37 bits per heavy atom. The van der Waals surface area contributed by atoms with Crippen molar-refractivity contribution < 1.29 is 28.8 Å². The number of para-hydroxylation sites is 1. The Kier molecular flexibility index (Phi) is 11.2. The van der Waals surface area contributed by atoms with Crippen LogP contribution >= 0.6 is 0 Å². The molecule has 6 rings (SSSR count). The standard InChI is InChI=1S/C40H40O6/c41-35-24-14-13-23-34(35)37-39(44-27-32-19-9-3-10-20-32)40(45-28-33-21-11-4-12-22-33)38(43-26-31-17-7-2-8-18-31)36(46-37)29-42-25-30-15-5-1-6-16-30/h1-24,36-41H,25-29H2/t36-,37+,38-,39+,40+/m1/s1. The molecule has 1 saturated heterocycles. The molecule has 6 nitrogen and oxygen atoms in total. The van der Waals surface area contributed by atoms with Gasteiger partial charge in [0, 0.05) is 5.56 Å². The SMILES string of the molecule is Oc1ccccc1[C@@H]1O[C@H](COCc2ccccc2)[C@@H](OCc2ccccc2)[C@H](OCc2ccccc2)[C@H]1OCc1ccccc1. The van der Waals surface area contributed by atoms with Crippen LogP contribution in [0.1, 0.15) is 33.9 Å². The molecule has 0 aromatic heterocycles. The fourth-order valence-corrected chi connectivity index (χ4v) is 5.77. The highest BCUT2D eigenvalue weighted by Gasteiger charge is 2.49. The van der Waals surface area contributed by atoms with Crippen LogP contribution in [-0.4, -0.2) is 36.1 Å². The lowest BCUT2D eigenvalue weighted by atomic mass is 9.90. The third kappa shape index (κ3) is 8.49. The fourth-order valence-electron chi connectivity index (χ4n) is 5.77. The largest absolute Gasteiger partial charge is 0.508 e. The average molecular weight is 617 g/mol. The van der Waals surface area contributed by atoms with E-state index < -0.39 is 30.5 Å². The van der Waals surface area contributed by atoms with Gasteiger partial charge in [0.1, 0.15) is 36.3 Å². The summed E-state index contributed by atoms with van der Waals surface area (Å²) < 4.78 is 33.3. The molecule has 5 aromatic carbocycles. The molecule has 1 N–H and O–H groups in total. The van der Waals surface area contributed by atoms with E-state index in [1.54, 1.807) is 12.1 Å². The van der Waals surface area contributed by atoms with Crippen LogP contribution in [0.15, 0.2) is 146 Å². The van der Waals surface area contributed by atoms with Gasteiger partial charge in [0.15, 0.2) is 0 Å². The Balaban J connectivity index is 1.34. The Labute approximate surface area is 271 Å². The zero-order chi connectivity index (χ0) is 31.4. The second kappa shape index (κ2) is 16.3. The van der Waals surface area contributed by atoms with Gasteiger partial charge in [-0.15, -0.1) is 0 Å². The van der Waals surface area contributed by atoms with Crippen LogP contribution in [0.25, 0.3) is 0 Å². The summed E-state index contributed by atoms with van der Waals surface area (Å²) in [4.78, 5) is 0. The van der Waals surface area contributed by atoms with Gasteiger partial charge < -0.3 is 28.8 Å². The molecule has 0 bridgehead atoms. The van der Waals surface area contributed by atoms with Gasteiger partial charge in [0.25, 0.3) is 0 Å². The van der Waals surface area contributed by atoms with Gasteiger partial charge in [0.2, 0.25) is 0 Å². The van der Waals surface area contributed by atoms with E-state index in [1.807, 2.05) is 133 Å². The third-order valence-electron chi connectivity index (χ3n) is 8.13. The monoisotopic (exact) mass is 616 g/mol. The summed E-state index contributed by atoms with van der Waals surface area (Å²) in [5.74, 6) is 0.134. The van der Waals surface area contributed by atoms with Gasteiger partial charge in [-0.2, -0.15) is 0 Å². The topological polar surface area (TPSA) is 66.4 Å². The van der Waals surface area contributed by atoms with Crippen molar-refractivity contribution in [1.82, 2.24) is 0 Å². The normalized spacial score (nSPS) is 21.2. The molecule has 5 aromatic rings. The number of hydrogen-bond donors (Lipinski definition) is 1. The molecule has 0 unspecified atom stereocenters. The number of rotatable bonds is 14. The Hall–Kier alpha value is -4.30. The lowest BCUT2D eigenvalue weighted by Crippen LogP contribution is -2.58. The first-order chi connectivity index (χ1) is 22.7. The quantitative estimate of drug-likeness (QED) is 0.137. The second-order valence-electron chi connectivity index (χ2n) is 11.4. The van der Waals surface area contributed by atoms with E-state index in [1.165, 1.54) is 0 Å². The highest BCUT2D eigenvalue weighted by atomic mass is 16.6. The van der Waals surface area contributed by atoms with Crippen molar-refractivity contribution in [2.45, 2.75) is 56.9 Å². The Morgan fingerprint density at radius 1 is 0.457 bits per heavy atom. The van der Waals surface area contributed by atoms with E-state index in [-0.39, 0.29) is 12.4 Å². The molecule has 5 atom stereocenters. The molecule has 46 heavy (non-hydrogen) atoms. The van der Waals surface area contributed by atoms with Crippen LogP contribution in [0, 0.1) is 0 Å². The van der Waals surface area contributed by atoms with Crippen molar-refractivity contribution in [3.8, 4) is 5.75 Å². The fraction of sp³-hybridized carbons (Fsp3) is 0.250. The van der Waals surface area contributed by atoms with E-state index in [9.17, 15) is 5.11 Å². The van der Waals surface area contributed by atoms with E-state index >= 15 is 0 Å². The minimum absolute atomic E-state index is 0.134. The summed E-state index contributed by atoms with van der Waals surface area (Å²) in [6.07, 6.45) is -2.87. The van der Waals surface area contributed by atoms with E-state index in [2.05, 4.69) is 0 Å². The predicted octanol–water partition coefficient (Wildman–Crippen LogP) is 7.81. The van der Waals surface area contributed by atoms with E-state index in [4.69, 9.17) is 23.7 Å². The van der Waals surface area contributed by atoms with Crippen molar-refractivity contribution in [2.24, 2.45) is 0 Å². The van der Waals surface area contributed by atoms with Crippen LogP contribution in [0.4, 0.5) is 0 Å². The van der Waals surface area contributed by atoms with E-state index in [0.717, 1.165) is 22.3 Å². The van der Waals surface area contributed by atoms with Crippen molar-refractivity contribution >= 4 is 0 Å². The number of phenolic OH excluding ortho intramolecular Hbond substituents is 1. The first-order valence-electron chi connectivity index (χ1n) is 15.8. The van der Waals surface area contributed by atoms with Crippen LogP contribution in [0.2, 0.25) is 0 Å². The number of hydrogen-bond acceptors (Lipinski definition) is 6. The average Bonchev–Trinajstić information content (AvgIpc) is 3.11. The summed E-state index contributed by atoms with van der Waals surface area (Å²) in [7, 11) is 0. The second-order valence-corrected chi connectivity index (χ2v) is 11.4. The van der Waals surface area contributed by atoms with Gasteiger partial charge in [-0.3, -0.25) is 0 Å². The minimum Gasteiger partial charge on any atom is -0.508 e. The smallest absolute Gasteiger partial charge is 0.121 e. The van der Waals surface area contributed by atoms with Crippen molar-refractivity contribution in [3.05, 3.63) is 173 Å². The molecule has 6 heteroatoms. The molecular weight excluding hydrogens is 576 g/mol. The summed E-state index contributed by atoms with van der Waals surface area (Å²) in [6, 6.07) is 47.5. The molecular formula is C40H40O6. The molecule has 1 fully saturated rings. The summed E-state index contributed by atoms with van der Waals surface area (Å²) in [6.45, 7) is 1.74. The highest BCUT2D eigenvalue weighted by Crippen LogP contribution is 2.41. The molecule has 1 heterocycles. The number of benzene rings is 5. The molecule has 1 aliphatic heterocycles. The van der Waals surface area contributed by atoms with Crippen LogP contribution < -0.4 is 0 Å². The van der Waals surface area contributed by atoms with Crippen molar-refractivity contribution in [2.75, 3.05) is 6.61 Å². The van der Waals surface area contributed by atoms with Crippen LogP contribution in [0.3, 0.4) is 0 Å². The maximum atomic E-state index is 11.1. The molecule has 0 saturated carbocycles. The predicted molar refractivity (Wildman–Crippen MR) is 177 cm³/mol. The summed E-state index contributed by atoms with van der Waals surface area (Å²) >= 11 is 0. The van der Waals surface area contributed by atoms with Crippen molar-refractivity contribution in [3.63, 3.8) is 0 Å². The summed E-state index contributed by atoms with van der Waals surface area (Å²) in [5, 5.41) is 11.1. The van der Waals surface area contributed by atoms with Gasteiger partial charge >= 0.3 is 0 Å². The Bertz CT molecular complexity index is 1580. The van der Waals surface area contributed by atoms with Gasteiger partial charge in [-0.1, -0.05) is 140 Å². The van der Waals surface area contributed by atoms with Crippen LogP contribution in [0.5, 0.6) is 5.75 Å². The van der Waals surface area contributed by atoms with Gasteiger partial charge in [0.05, 0.1) is 33.0 Å². The molecule has 236 valence electrons. The van der Waals surface area contributed by atoms with Crippen molar-refractivity contribution in [1.29, 1.82) is 0 Å². The maximum Gasteiger partial charge on any atom is 0.121 e. The molecule has 1 aliphatic rings. The zero-order valence-corrected chi connectivity index (χ0v) is 25.8. The molecule has 0 spiro atoms. The zero-order valence-electron chi connectivity index (χ0n) is 25.8. The third-order valence-corrected chi connectivity index (χ3v) is 8.13. The van der Waals surface area contributed by atoms with Gasteiger partial charge in [-0.05, 0) is 28.3 Å². The van der Waals surface area contributed by atoms with Crippen LogP contribution in [-0.2, 0) is 50.1 Å². The number of phenols is 1. The number of aromatic hydroxyl groups is 1.